The summed E-state index contributed by atoms with van der Waals surface area (Å²) in [5.74, 6) is -1.10. The Morgan fingerprint density at radius 1 is 1.27 bits per heavy atom. The van der Waals surface area contributed by atoms with Gasteiger partial charge in [-0.15, -0.1) is 0 Å². The zero-order valence-corrected chi connectivity index (χ0v) is 10.5. The predicted molar refractivity (Wildman–Crippen MR) is 59.5 cm³/mol. The molecule has 0 aliphatic heterocycles. The zero-order valence-electron chi connectivity index (χ0n) is 8.86. The van der Waals surface area contributed by atoms with Crippen LogP contribution in [0.2, 0.25) is 0 Å². The standard InChI is InChI=1S/C10H15BrO4/c1-3-5-8(11)15-10(13)7-6-9(12)14-4-2/h6-8H,3-5H2,1-2H3/b7-6-. The molecule has 1 atom stereocenters. The maximum absolute atomic E-state index is 11.1. The Balaban J connectivity index is 3.87. The maximum Gasteiger partial charge on any atom is 0.332 e. The molecule has 0 spiro atoms. The van der Waals surface area contributed by atoms with E-state index in [4.69, 9.17) is 4.74 Å². The third kappa shape index (κ3) is 8.17. The Kier molecular flexibility index (Phi) is 7.99. The molecule has 86 valence electrons. The Morgan fingerprint density at radius 3 is 2.40 bits per heavy atom. The van der Waals surface area contributed by atoms with Gasteiger partial charge in [0, 0.05) is 12.2 Å². The van der Waals surface area contributed by atoms with Crippen molar-refractivity contribution in [2.75, 3.05) is 6.61 Å². The van der Waals surface area contributed by atoms with Gasteiger partial charge < -0.3 is 9.47 Å². The van der Waals surface area contributed by atoms with Crippen molar-refractivity contribution in [3.63, 3.8) is 0 Å². The summed E-state index contributed by atoms with van der Waals surface area (Å²) in [6.07, 6.45) is 3.75. The molecule has 0 aromatic heterocycles. The SMILES string of the molecule is CCCC(Br)OC(=O)/C=C\C(=O)OCC. The lowest BCUT2D eigenvalue weighted by atomic mass is 10.4. The Labute approximate surface area is 97.8 Å². The number of carbonyl (C=O) groups is 2. The highest BCUT2D eigenvalue weighted by atomic mass is 79.9. The number of carbonyl (C=O) groups excluding carboxylic acids is 2. The lowest BCUT2D eigenvalue weighted by molar-refractivity contribution is -0.141. The van der Waals surface area contributed by atoms with Crippen LogP contribution in [0.3, 0.4) is 0 Å². The molecule has 0 aliphatic rings. The van der Waals surface area contributed by atoms with Crippen LogP contribution in [0, 0.1) is 0 Å². The van der Waals surface area contributed by atoms with Gasteiger partial charge in [0.05, 0.1) is 6.61 Å². The fourth-order valence-electron chi connectivity index (χ4n) is 0.778. The van der Waals surface area contributed by atoms with Crippen LogP contribution < -0.4 is 0 Å². The van der Waals surface area contributed by atoms with Gasteiger partial charge in [-0.3, -0.25) is 0 Å². The van der Waals surface area contributed by atoms with Crippen molar-refractivity contribution in [1.82, 2.24) is 0 Å². The topological polar surface area (TPSA) is 52.6 Å². The van der Waals surface area contributed by atoms with Gasteiger partial charge >= 0.3 is 11.9 Å². The molecule has 0 aromatic carbocycles. The summed E-state index contributed by atoms with van der Waals surface area (Å²) >= 11 is 3.18. The highest BCUT2D eigenvalue weighted by Gasteiger charge is 2.07. The van der Waals surface area contributed by atoms with Gasteiger partial charge in [-0.25, -0.2) is 9.59 Å². The molecule has 0 bridgehead atoms. The highest BCUT2D eigenvalue weighted by molar-refractivity contribution is 9.09. The number of esters is 2. The van der Waals surface area contributed by atoms with Crippen molar-refractivity contribution < 1.29 is 19.1 Å². The fourth-order valence-corrected chi connectivity index (χ4v) is 1.42. The number of alkyl halides is 1. The van der Waals surface area contributed by atoms with Crippen LogP contribution in [0.1, 0.15) is 26.7 Å². The van der Waals surface area contributed by atoms with Crippen molar-refractivity contribution in [2.24, 2.45) is 0 Å². The summed E-state index contributed by atoms with van der Waals surface area (Å²) in [4.78, 5) is 21.9. The molecule has 0 saturated heterocycles. The molecule has 0 N–H and O–H groups in total. The zero-order chi connectivity index (χ0) is 11.7. The molecule has 0 heterocycles. The second-order valence-corrected chi connectivity index (χ2v) is 3.74. The van der Waals surface area contributed by atoms with Crippen molar-refractivity contribution in [2.45, 2.75) is 31.7 Å². The van der Waals surface area contributed by atoms with Gasteiger partial charge in [-0.2, -0.15) is 0 Å². The van der Waals surface area contributed by atoms with E-state index < -0.39 is 11.9 Å². The third-order valence-electron chi connectivity index (χ3n) is 1.40. The van der Waals surface area contributed by atoms with E-state index in [1.54, 1.807) is 6.92 Å². The largest absolute Gasteiger partial charge is 0.463 e. The molecule has 0 fully saturated rings. The van der Waals surface area contributed by atoms with Gasteiger partial charge in [0.25, 0.3) is 0 Å². The van der Waals surface area contributed by atoms with Crippen molar-refractivity contribution in [3.05, 3.63) is 12.2 Å². The molecule has 0 aliphatic carbocycles. The first-order chi connectivity index (χ1) is 7.10. The van der Waals surface area contributed by atoms with Gasteiger partial charge in [0.2, 0.25) is 0 Å². The molecular weight excluding hydrogens is 264 g/mol. The van der Waals surface area contributed by atoms with E-state index in [2.05, 4.69) is 20.7 Å². The van der Waals surface area contributed by atoms with Crippen LogP contribution in [0.4, 0.5) is 0 Å². The van der Waals surface area contributed by atoms with Crippen molar-refractivity contribution >= 4 is 27.9 Å². The second kappa shape index (κ2) is 8.47. The van der Waals surface area contributed by atoms with E-state index in [0.717, 1.165) is 25.0 Å². The molecule has 0 rings (SSSR count). The Morgan fingerprint density at radius 2 is 1.87 bits per heavy atom. The molecule has 0 saturated carbocycles. The summed E-state index contributed by atoms with van der Waals surface area (Å²) < 4.78 is 9.50. The average Bonchev–Trinajstić information content (AvgIpc) is 2.15. The molecule has 0 aromatic rings. The normalized spacial score (nSPS) is 12.5. The monoisotopic (exact) mass is 278 g/mol. The lowest BCUT2D eigenvalue weighted by Crippen LogP contribution is -2.10. The van der Waals surface area contributed by atoms with Crippen LogP contribution in [0.25, 0.3) is 0 Å². The number of hydrogen-bond donors (Lipinski definition) is 0. The fraction of sp³-hybridized carbons (Fsp3) is 0.600. The second-order valence-electron chi connectivity index (χ2n) is 2.72. The molecule has 4 nitrogen and oxygen atoms in total. The predicted octanol–water partition coefficient (Wildman–Crippen LogP) is 2.17. The first-order valence-corrected chi connectivity index (χ1v) is 5.71. The van der Waals surface area contributed by atoms with Gasteiger partial charge in [-0.05, 0) is 29.3 Å². The van der Waals surface area contributed by atoms with Gasteiger partial charge in [0.15, 0.2) is 5.01 Å². The first-order valence-electron chi connectivity index (χ1n) is 4.79. The van der Waals surface area contributed by atoms with E-state index >= 15 is 0 Å². The maximum atomic E-state index is 11.1. The van der Waals surface area contributed by atoms with E-state index in [0.29, 0.717) is 0 Å². The first kappa shape index (κ1) is 14.2. The summed E-state index contributed by atoms with van der Waals surface area (Å²) in [5, 5.41) is -0.304. The molecule has 5 heteroatoms. The van der Waals surface area contributed by atoms with Crippen LogP contribution >= 0.6 is 15.9 Å². The number of hydrogen-bond acceptors (Lipinski definition) is 4. The van der Waals surface area contributed by atoms with E-state index in [1.165, 1.54) is 0 Å². The van der Waals surface area contributed by atoms with Crippen LogP contribution in [-0.2, 0) is 19.1 Å². The minimum atomic E-state index is -0.557. The highest BCUT2D eigenvalue weighted by Crippen LogP contribution is 2.09. The molecule has 15 heavy (non-hydrogen) atoms. The van der Waals surface area contributed by atoms with E-state index in [9.17, 15) is 9.59 Å². The Bertz CT molecular complexity index is 238. The minimum absolute atomic E-state index is 0.287. The molecule has 1 unspecified atom stereocenters. The molecule has 0 radical (unpaired) electrons. The van der Waals surface area contributed by atoms with Crippen LogP contribution in [0.15, 0.2) is 12.2 Å². The average molecular weight is 279 g/mol. The molecular formula is C10H15BrO4. The van der Waals surface area contributed by atoms with E-state index in [1.807, 2.05) is 6.92 Å². The van der Waals surface area contributed by atoms with Gasteiger partial charge in [-0.1, -0.05) is 13.3 Å². The smallest absolute Gasteiger partial charge is 0.332 e. The number of halogens is 1. The minimum Gasteiger partial charge on any atom is -0.463 e. The number of ether oxygens (including phenoxy) is 2. The summed E-state index contributed by atoms with van der Waals surface area (Å²) in [6, 6.07) is 0. The van der Waals surface area contributed by atoms with Crippen molar-refractivity contribution in [1.29, 1.82) is 0 Å². The lowest BCUT2D eigenvalue weighted by Gasteiger charge is -2.07. The number of rotatable bonds is 6. The summed E-state index contributed by atoms with van der Waals surface area (Å²) in [5.41, 5.74) is 0. The van der Waals surface area contributed by atoms with Crippen molar-refractivity contribution in [3.8, 4) is 0 Å². The summed E-state index contributed by atoms with van der Waals surface area (Å²) in [6.45, 7) is 3.96. The van der Waals surface area contributed by atoms with Crippen LogP contribution in [0.5, 0.6) is 0 Å². The van der Waals surface area contributed by atoms with Crippen LogP contribution in [-0.4, -0.2) is 23.6 Å². The Hall–Kier alpha value is -0.840. The van der Waals surface area contributed by atoms with Gasteiger partial charge in [0.1, 0.15) is 0 Å². The quantitative estimate of drug-likeness (QED) is 0.425. The summed E-state index contributed by atoms with van der Waals surface area (Å²) in [7, 11) is 0. The van der Waals surface area contributed by atoms with E-state index in [-0.39, 0.29) is 11.6 Å². The molecule has 0 amide bonds. The third-order valence-corrected chi connectivity index (χ3v) is 2.05.